The van der Waals surface area contributed by atoms with Gasteiger partial charge in [0.1, 0.15) is 12.4 Å². The highest BCUT2D eigenvalue weighted by Crippen LogP contribution is 2.24. The summed E-state index contributed by atoms with van der Waals surface area (Å²) in [5.41, 5.74) is 2.38. The predicted molar refractivity (Wildman–Crippen MR) is 57.8 cm³/mol. The molecule has 0 unspecified atom stereocenters. The minimum atomic E-state index is 0.0693. The molecule has 1 rings (SSSR count). The van der Waals surface area contributed by atoms with Crippen LogP contribution in [0.3, 0.4) is 0 Å². The number of aliphatic hydroxyl groups excluding tert-OH is 1. The van der Waals surface area contributed by atoms with Crippen molar-refractivity contribution in [2.24, 2.45) is 0 Å². The van der Waals surface area contributed by atoms with Crippen LogP contribution in [0.15, 0.2) is 18.2 Å². The number of aliphatic hydroxyl groups is 1. The molecule has 0 amide bonds. The fourth-order valence-electron chi connectivity index (χ4n) is 1.53. The molecule has 0 radical (unpaired) electrons. The Kier molecular flexibility index (Phi) is 4.47. The first-order valence-corrected chi connectivity index (χ1v) is 5.11. The van der Waals surface area contributed by atoms with Gasteiger partial charge in [-0.05, 0) is 24.5 Å². The standard InChI is InChI=1S/C12H18O2/c1-3-5-11-7-4-6-10(2)12(11)14-9-8-13/h4,6-7,13H,3,5,8-9H2,1-2H3. The van der Waals surface area contributed by atoms with Crippen LogP contribution in [-0.2, 0) is 6.42 Å². The first-order chi connectivity index (χ1) is 6.79. The third kappa shape index (κ3) is 2.74. The van der Waals surface area contributed by atoms with Crippen molar-refractivity contribution in [3.63, 3.8) is 0 Å². The summed E-state index contributed by atoms with van der Waals surface area (Å²) in [7, 11) is 0. The quantitative estimate of drug-likeness (QED) is 0.779. The first-order valence-electron chi connectivity index (χ1n) is 5.11. The van der Waals surface area contributed by atoms with Gasteiger partial charge in [-0.3, -0.25) is 0 Å². The molecule has 14 heavy (non-hydrogen) atoms. The zero-order valence-electron chi connectivity index (χ0n) is 8.92. The van der Waals surface area contributed by atoms with Gasteiger partial charge in [-0.2, -0.15) is 0 Å². The van der Waals surface area contributed by atoms with Crippen LogP contribution in [0, 0.1) is 6.92 Å². The van der Waals surface area contributed by atoms with Gasteiger partial charge in [0.2, 0.25) is 0 Å². The minimum Gasteiger partial charge on any atom is -0.491 e. The van der Waals surface area contributed by atoms with Crippen molar-refractivity contribution in [1.29, 1.82) is 0 Å². The maximum Gasteiger partial charge on any atom is 0.125 e. The SMILES string of the molecule is CCCc1cccc(C)c1OCCO. The number of hydrogen-bond acceptors (Lipinski definition) is 2. The van der Waals surface area contributed by atoms with Crippen molar-refractivity contribution < 1.29 is 9.84 Å². The summed E-state index contributed by atoms with van der Waals surface area (Å²) in [5, 5.41) is 8.71. The predicted octanol–water partition coefficient (Wildman–Crippen LogP) is 2.32. The Labute approximate surface area is 85.5 Å². The smallest absolute Gasteiger partial charge is 0.125 e. The largest absolute Gasteiger partial charge is 0.491 e. The molecule has 1 aromatic rings. The summed E-state index contributed by atoms with van der Waals surface area (Å²) in [4.78, 5) is 0. The highest BCUT2D eigenvalue weighted by atomic mass is 16.5. The molecule has 78 valence electrons. The minimum absolute atomic E-state index is 0.0693. The van der Waals surface area contributed by atoms with E-state index >= 15 is 0 Å². The van der Waals surface area contributed by atoms with Crippen LogP contribution < -0.4 is 4.74 Å². The second-order valence-electron chi connectivity index (χ2n) is 3.39. The van der Waals surface area contributed by atoms with E-state index in [4.69, 9.17) is 9.84 Å². The topological polar surface area (TPSA) is 29.5 Å². The zero-order valence-corrected chi connectivity index (χ0v) is 8.92. The molecular formula is C12H18O2. The van der Waals surface area contributed by atoms with Crippen LogP contribution >= 0.6 is 0 Å². The van der Waals surface area contributed by atoms with Gasteiger partial charge < -0.3 is 9.84 Å². The molecule has 0 aliphatic carbocycles. The summed E-state index contributed by atoms with van der Waals surface area (Å²) >= 11 is 0. The molecule has 0 aliphatic heterocycles. The van der Waals surface area contributed by atoms with Crippen molar-refractivity contribution >= 4 is 0 Å². The Morgan fingerprint density at radius 1 is 1.36 bits per heavy atom. The average Bonchev–Trinajstić information content (AvgIpc) is 2.18. The molecule has 0 saturated carbocycles. The second-order valence-corrected chi connectivity index (χ2v) is 3.39. The van der Waals surface area contributed by atoms with Crippen molar-refractivity contribution in [2.75, 3.05) is 13.2 Å². The van der Waals surface area contributed by atoms with E-state index in [2.05, 4.69) is 13.0 Å². The van der Waals surface area contributed by atoms with Crippen LogP contribution in [0.25, 0.3) is 0 Å². The molecule has 0 heterocycles. The van der Waals surface area contributed by atoms with E-state index in [1.807, 2.05) is 19.1 Å². The number of hydrogen-bond donors (Lipinski definition) is 1. The van der Waals surface area contributed by atoms with Crippen LogP contribution in [0.2, 0.25) is 0 Å². The van der Waals surface area contributed by atoms with Crippen LogP contribution in [0.4, 0.5) is 0 Å². The highest BCUT2D eigenvalue weighted by Gasteiger charge is 2.05. The van der Waals surface area contributed by atoms with Gasteiger partial charge in [0, 0.05) is 0 Å². The summed E-state index contributed by atoms with van der Waals surface area (Å²) < 4.78 is 5.52. The maximum atomic E-state index is 8.71. The highest BCUT2D eigenvalue weighted by molar-refractivity contribution is 5.40. The fraction of sp³-hybridized carbons (Fsp3) is 0.500. The lowest BCUT2D eigenvalue weighted by molar-refractivity contribution is 0.199. The van der Waals surface area contributed by atoms with Crippen molar-refractivity contribution in [3.8, 4) is 5.75 Å². The van der Waals surface area contributed by atoms with Gasteiger partial charge in [0.25, 0.3) is 0 Å². The molecule has 0 spiro atoms. The van der Waals surface area contributed by atoms with E-state index in [9.17, 15) is 0 Å². The molecule has 2 heteroatoms. The molecule has 1 N–H and O–H groups in total. The van der Waals surface area contributed by atoms with Gasteiger partial charge in [0.15, 0.2) is 0 Å². The maximum absolute atomic E-state index is 8.71. The van der Waals surface area contributed by atoms with Gasteiger partial charge in [-0.15, -0.1) is 0 Å². The lowest BCUT2D eigenvalue weighted by Gasteiger charge is -2.12. The summed E-state index contributed by atoms with van der Waals surface area (Å²) in [6.07, 6.45) is 2.14. The third-order valence-electron chi connectivity index (χ3n) is 2.15. The third-order valence-corrected chi connectivity index (χ3v) is 2.15. The van der Waals surface area contributed by atoms with E-state index in [0.717, 1.165) is 24.2 Å². The number of benzene rings is 1. The summed E-state index contributed by atoms with van der Waals surface area (Å²) in [6.45, 7) is 4.63. The van der Waals surface area contributed by atoms with Gasteiger partial charge >= 0.3 is 0 Å². The lowest BCUT2D eigenvalue weighted by Crippen LogP contribution is -2.05. The first kappa shape index (κ1) is 11.1. The summed E-state index contributed by atoms with van der Waals surface area (Å²) in [5.74, 6) is 0.948. The number of ether oxygens (including phenoxy) is 1. The van der Waals surface area contributed by atoms with Crippen molar-refractivity contribution in [1.82, 2.24) is 0 Å². The Morgan fingerprint density at radius 3 is 2.79 bits per heavy atom. The zero-order chi connectivity index (χ0) is 10.4. The van der Waals surface area contributed by atoms with E-state index in [0.29, 0.717) is 6.61 Å². The number of para-hydroxylation sites is 1. The van der Waals surface area contributed by atoms with E-state index in [1.165, 1.54) is 5.56 Å². The van der Waals surface area contributed by atoms with E-state index in [-0.39, 0.29) is 6.61 Å². The van der Waals surface area contributed by atoms with Gasteiger partial charge in [-0.1, -0.05) is 31.5 Å². The average molecular weight is 194 g/mol. The van der Waals surface area contributed by atoms with Gasteiger partial charge in [0.05, 0.1) is 6.61 Å². The van der Waals surface area contributed by atoms with Gasteiger partial charge in [-0.25, -0.2) is 0 Å². The van der Waals surface area contributed by atoms with Crippen LogP contribution in [-0.4, -0.2) is 18.3 Å². The monoisotopic (exact) mass is 194 g/mol. The molecule has 1 aromatic carbocycles. The van der Waals surface area contributed by atoms with Crippen molar-refractivity contribution in [3.05, 3.63) is 29.3 Å². The fourth-order valence-corrected chi connectivity index (χ4v) is 1.53. The van der Waals surface area contributed by atoms with Crippen LogP contribution in [0.1, 0.15) is 24.5 Å². The Bertz CT molecular complexity index is 282. The molecule has 0 bridgehead atoms. The molecule has 0 saturated heterocycles. The van der Waals surface area contributed by atoms with Crippen molar-refractivity contribution in [2.45, 2.75) is 26.7 Å². The molecule has 0 atom stereocenters. The van der Waals surface area contributed by atoms with Crippen LogP contribution in [0.5, 0.6) is 5.75 Å². The molecular weight excluding hydrogens is 176 g/mol. The molecule has 0 aliphatic rings. The Balaban J connectivity index is 2.84. The number of rotatable bonds is 5. The molecule has 0 fully saturated rings. The Morgan fingerprint density at radius 2 is 2.14 bits per heavy atom. The Hall–Kier alpha value is -1.02. The number of aryl methyl sites for hydroxylation is 2. The second kappa shape index (κ2) is 5.66. The van der Waals surface area contributed by atoms with E-state index in [1.54, 1.807) is 0 Å². The summed E-state index contributed by atoms with van der Waals surface area (Å²) in [6, 6.07) is 6.17. The van der Waals surface area contributed by atoms with E-state index < -0.39 is 0 Å². The molecule has 0 aromatic heterocycles. The lowest BCUT2D eigenvalue weighted by atomic mass is 10.1. The normalized spacial score (nSPS) is 10.2. The molecule has 2 nitrogen and oxygen atoms in total.